The van der Waals surface area contributed by atoms with Gasteiger partial charge in [0.25, 0.3) is 0 Å². The Morgan fingerprint density at radius 3 is 2.19 bits per heavy atom. The first-order valence-corrected chi connectivity index (χ1v) is 7.76. The molecular formula is C18H18ClNO. The molecule has 0 aliphatic heterocycles. The molecule has 0 bridgehead atoms. The van der Waals surface area contributed by atoms with E-state index in [9.17, 15) is 4.79 Å². The third-order valence-electron chi connectivity index (χ3n) is 4.14. The highest BCUT2D eigenvalue weighted by molar-refractivity contribution is 6.17. The number of rotatable bonds is 5. The van der Waals surface area contributed by atoms with Gasteiger partial charge in [0.2, 0.25) is 5.91 Å². The molecule has 21 heavy (non-hydrogen) atoms. The van der Waals surface area contributed by atoms with Crippen LogP contribution in [0.2, 0.25) is 0 Å². The predicted molar refractivity (Wildman–Crippen MR) is 85.2 cm³/mol. The molecule has 3 heteroatoms. The Hall–Kier alpha value is -1.80. The van der Waals surface area contributed by atoms with E-state index in [-0.39, 0.29) is 11.3 Å². The highest BCUT2D eigenvalue weighted by atomic mass is 35.5. The lowest BCUT2D eigenvalue weighted by atomic mass is 9.95. The first-order chi connectivity index (χ1) is 10.2. The third kappa shape index (κ3) is 2.96. The van der Waals surface area contributed by atoms with Crippen molar-refractivity contribution in [2.45, 2.75) is 30.7 Å². The summed E-state index contributed by atoms with van der Waals surface area (Å²) < 4.78 is 0. The number of hydrogen-bond acceptors (Lipinski definition) is 1. The first kappa shape index (κ1) is 14.2. The van der Waals surface area contributed by atoms with Crippen molar-refractivity contribution in [2.75, 3.05) is 0 Å². The van der Waals surface area contributed by atoms with Gasteiger partial charge in [-0.25, -0.2) is 0 Å². The van der Waals surface area contributed by atoms with Crippen molar-refractivity contribution in [2.24, 2.45) is 0 Å². The zero-order valence-corrected chi connectivity index (χ0v) is 12.6. The monoisotopic (exact) mass is 299 g/mol. The van der Waals surface area contributed by atoms with Crippen molar-refractivity contribution < 1.29 is 4.79 Å². The number of benzene rings is 2. The summed E-state index contributed by atoms with van der Waals surface area (Å²) in [6.45, 7) is 0.565. The molecule has 0 unspecified atom stereocenters. The van der Waals surface area contributed by atoms with Gasteiger partial charge in [-0.1, -0.05) is 54.6 Å². The Morgan fingerprint density at radius 2 is 1.62 bits per heavy atom. The molecule has 1 fully saturated rings. The second-order valence-corrected chi connectivity index (χ2v) is 5.85. The number of alkyl halides is 1. The lowest BCUT2D eigenvalue weighted by molar-refractivity contribution is -0.123. The van der Waals surface area contributed by atoms with Gasteiger partial charge < -0.3 is 5.32 Å². The molecule has 1 aliphatic rings. The Morgan fingerprint density at radius 1 is 1.00 bits per heavy atom. The fourth-order valence-corrected chi connectivity index (χ4v) is 2.80. The molecule has 2 aromatic carbocycles. The van der Waals surface area contributed by atoms with E-state index in [1.807, 2.05) is 54.6 Å². The van der Waals surface area contributed by atoms with Crippen molar-refractivity contribution in [3.05, 3.63) is 71.3 Å². The van der Waals surface area contributed by atoms with E-state index in [1.165, 1.54) is 0 Å². The van der Waals surface area contributed by atoms with E-state index in [2.05, 4.69) is 5.32 Å². The minimum Gasteiger partial charge on any atom is -0.351 e. The SMILES string of the molecule is O=C(NCc1ccc(CCl)cc1)C1(c2ccccc2)CC1. The third-order valence-corrected chi connectivity index (χ3v) is 4.45. The molecule has 0 aromatic heterocycles. The lowest BCUT2D eigenvalue weighted by Crippen LogP contribution is -2.34. The van der Waals surface area contributed by atoms with Crippen LogP contribution in [0, 0.1) is 0 Å². The van der Waals surface area contributed by atoms with E-state index in [0.717, 1.165) is 29.5 Å². The second-order valence-electron chi connectivity index (χ2n) is 5.58. The highest BCUT2D eigenvalue weighted by Crippen LogP contribution is 2.48. The molecule has 2 nitrogen and oxygen atoms in total. The van der Waals surface area contributed by atoms with Gasteiger partial charge in [0.05, 0.1) is 5.41 Å². The zero-order chi connectivity index (χ0) is 14.7. The van der Waals surface area contributed by atoms with Gasteiger partial charge in [0.1, 0.15) is 0 Å². The number of carbonyl (C=O) groups is 1. The van der Waals surface area contributed by atoms with Gasteiger partial charge in [-0.3, -0.25) is 4.79 Å². The topological polar surface area (TPSA) is 29.1 Å². The average Bonchev–Trinajstić information content (AvgIpc) is 3.36. The standard InChI is InChI=1S/C18H18ClNO/c19-12-14-6-8-15(9-7-14)13-20-17(21)18(10-11-18)16-4-2-1-3-5-16/h1-9H,10-13H2,(H,20,21). The van der Waals surface area contributed by atoms with Crippen LogP contribution in [0.1, 0.15) is 29.5 Å². The molecule has 1 saturated carbocycles. The maximum Gasteiger partial charge on any atom is 0.230 e. The molecule has 1 aliphatic carbocycles. The number of carbonyl (C=O) groups excluding carboxylic acids is 1. The number of hydrogen-bond donors (Lipinski definition) is 1. The van der Waals surface area contributed by atoms with Gasteiger partial charge in [-0.15, -0.1) is 11.6 Å². The Kier molecular flexibility index (Phi) is 3.98. The maximum absolute atomic E-state index is 12.5. The summed E-state index contributed by atoms with van der Waals surface area (Å²) in [5.74, 6) is 0.652. The molecule has 3 rings (SSSR count). The van der Waals surface area contributed by atoms with Crippen molar-refractivity contribution >= 4 is 17.5 Å². The molecule has 1 N–H and O–H groups in total. The Labute approximate surface area is 130 Å². The smallest absolute Gasteiger partial charge is 0.230 e. The van der Waals surface area contributed by atoms with E-state index < -0.39 is 0 Å². The van der Waals surface area contributed by atoms with E-state index in [0.29, 0.717) is 12.4 Å². The van der Waals surface area contributed by atoms with Crippen LogP contribution in [0.3, 0.4) is 0 Å². The first-order valence-electron chi connectivity index (χ1n) is 7.22. The molecule has 2 aromatic rings. The predicted octanol–water partition coefficient (Wildman–Crippen LogP) is 3.77. The molecule has 0 spiro atoms. The summed E-state index contributed by atoms with van der Waals surface area (Å²) in [5.41, 5.74) is 3.02. The maximum atomic E-state index is 12.5. The minimum absolute atomic E-state index is 0.134. The second kappa shape index (κ2) is 5.90. The van der Waals surface area contributed by atoms with E-state index >= 15 is 0 Å². The molecule has 1 amide bonds. The Balaban J connectivity index is 1.64. The minimum atomic E-state index is -0.294. The molecule has 0 saturated heterocycles. The summed E-state index contributed by atoms with van der Waals surface area (Å²) in [7, 11) is 0. The van der Waals surface area contributed by atoms with Crippen LogP contribution < -0.4 is 5.32 Å². The number of nitrogens with one attached hydrogen (secondary N) is 1. The van der Waals surface area contributed by atoms with E-state index in [1.54, 1.807) is 0 Å². The molecule has 0 heterocycles. The van der Waals surface area contributed by atoms with Gasteiger partial charge in [0, 0.05) is 12.4 Å². The van der Waals surface area contributed by atoms with Crippen LogP contribution in [0.5, 0.6) is 0 Å². The van der Waals surface area contributed by atoms with Crippen LogP contribution in [0.15, 0.2) is 54.6 Å². The molecule has 0 atom stereocenters. The quantitative estimate of drug-likeness (QED) is 0.837. The van der Waals surface area contributed by atoms with Crippen LogP contribution in [-0.4, -0.2) is 5.91 Å². The molecule has 108 valence electrons. The van der Waals surface area contributed by atoms with Crippen molar-refractivity contribution in [1.29, 1.82) is 0 Å². The van der Waals surface area contributed by atoms with Gasteiger partial charge in [-0.2, -0.15) is 0 Å². The fraction of sp³-hybridized carbons (Fsp3) is 0.278. The zero-order valence-electron chi connectivity index (χ0n) is 11.8. The van der Waals surface area contributed by atoms with Crippen molar-refractivity contribution in [3.8, 4) is 0 Å². The summed E-state index contributed by atoms with van der Waals surface area (Å²) in [5, 5.41) is 3.07. The summed E-state index contributed by atoms with van der Waals surface area (Å²) >= 11 is 5.77. The van der Waals surface area contributed by atoms with Gasteiger partial charge in [0.15, 0.2) is 0 Å². The van der Waals surface area contributed by atoms with Gasteiger partial charge >= 0.3 is 0 Å². The van der Waals surface area contributed by atoms with E-state index in [4.69, 9.17) is 11.6 Å². The van der Waals surface area contributed by atoms with Crippen LogP contribution in [0.25, 0.3) is 0 Å². The average molecular weight is 300 g/mol. The van der Waals surface area contributed by atoms with Crippen LogP contribution in [0.4, 0.5) is 0 Å². The van der Waals surface area contributed by atoms with Crippen molar-refractivity contribution in [1.82, 2.24) is 5.32 Å². The lowest BCUT2D eigenvalue weighted by Gasteiger charge is -2.15. The van der Waals surface area contributed by atoms with Gasteiger partial charge in [-0.05, 0) is 29.5 Å². The van der Waals surface area contributed by atoms with Crippen LogP contribution in [-0.2, 0) is 22.6 Å². The highest BCUT2D eigenvalue weighted by Gasteiger charge is 2.50. The normalized spacial score (nSPS) is 15.5. The Bertz CT molecular complexity index is 617. The largest absolute Gasteiger partial charge is 0.351 e. The van der Waals surface area contributed by atoms with Crippen molar-refractivity contribution in [3.63, 3.8) is 0 Å². The molecular weight excluding hydrogens is 282 g/mol. The number of amides is 1. The summed E-state index contributed by atoms with van der Waals surface area (Å²) in [6, 6.07) is 18.1. The number of halogens is 1. The fourth-order valence-electron chi connectivity index (χ4n) is 2.63. The molecule has 0 radical (unpaired) electrons. The van der Waals surface area contributed by atoms with Crippen LogP contribution >= 0.6 is 11.6 Å². The summed E-state index contributed by atoms with van der Waals surface area (Å²) in [4.78, 5) is 12.5. The summed E-state index contributed by atoms with van der Waals surface area (Å²) in [6.07, 6.45) is 1.88.